The summed E-state index contributed by atoms with van der Waals surface area (Å²) in [7, 11) is 0. The molecular formula is C17H25N3O3. The average molecular weight is 319 g/mol. The third-order valence-corrected chi connectivity index (χ3v) is 5.18. The molecule has 0 bridgehead atoms. The Morgan fingerprint density at radius 3 is 2.83 bits per heavy atom. The third-order valence-electron chi connectivity index (χ3n) is 5.18. The van der Waals surface area contributed by atoms with Crippen LogP contribution < -0.4 is 4.74 Å². The normalized spacial score (nSPS) is 28.5. The first-order chi connectivity index (χ1) is 11.2. The first-order valence-electron chi connectivity index (χ1n) is 8.65. The molecule has 0 N–H and O–H groups in total. The van der Waals surface area contributed by atoms with Gasteiger partial charge in [-0.2, -0.15) is 0 Å². The minimum absolute atomic E-state index is 0.0228. The van der Waals surface area contributed by atoms with Crippen LogP contribution in [-0.2, 0) is 9.47 Å². The van der Waals surface area contributed by atoms with Gasteiger partial charge in [-0.1, -0.05) is 0 Å². The van der Waals surface area contributed by atoms with Crippen molar-refractivity contribution in [1.82, 2.24) is 14.9 Å². The first kappa shape index (κ1) is 15.3. The predicted molar refractivity (Wildman–Crippen MR) is 84.5 cm³/mol. The fourth-order valence-corrected chi connectivity index (χ4v) is 3.94. The minimum atomic E-state index is -0.0228. The number of hydrogen-bond donors (Lipinski definition) is 0. The quantitative estimate of drug-likeness (QED) is 0.843. The van der Waals surface area contributed by atoms with Gasteiger partial charge >= 0.3 is 6.01 Å². The van der Waals surface area contributed by atoms with Crippen molar-refractivity contribution in [1.29, 1.82) is 0 Å². The van der Waals surface area contributed by atoms with Crippen LogP contribution in [0.4, 0.5) is 0 Å². The molecule has 1 aromatic heterocycles. The van der Waals surface area contributed by atoms with E-state index in [2.05, 4.69) is 14.9 Å². The average Bonchev–Trinajstić information content (AvgIpc) is 2.54. The van der Waals surface area contributed by atoms with Crippen LogP contribution in [0.15, 0.2) is 12.3 Å². The second-order valence-corrected chi connectivity index (χ2v) is 6.99. The molecule has 1 spiro atoms. The maximum Gasteiger partial charge on any atom is 0.316 e. The molecule has 6 heteroatoms. The highest BCUT2D eigenvalue weighted by molar-refractivity contribution is 5.06. The second-order valence-electron chi connectivity index (χ2n) is 6.99. The summed E-state index contributed by atoms with van der Waals surface area (Å²) in [6.45, 7) is 6.55. The van der Waals surface area contributed by atoms with Crippen LogP contribution >= 0.6 is 0 Å². The van der Waals surface area contributed by atoms with Crippen molar-refractivity contribution in [3.05, 3.63) is 18.0 Å². The molecule has 0 aromatic carbocycles. The topological polar surface area (TPSA) is 56.7 Å². The number of rotatable bonds is 3. The van der Waals surface area contributed by atoms with Crippen molar-refractivity contribution < 1.29 is 14.2 Å². The van der Waals surface area contributed by atoms with Gasteiger partial charge in [0.05, 0.1) is 12.2 Å². The molecule has 0 amide bonds. The van der Waals surface area contributed by atoms with E-state index in [9.17, 15) is 0 Å². The Morgan fingerprint density at radius 2 is 2.04 bits per heavy atom. The Morgan fingerprint density at radius 1 is 1.22 bits per heavy atom. The van der Waals surface area contributed by atoms with Crippen LogP contribution in [0.5, 0.6) is 6.01 Å². The van der Waals surface area contributed by atoms with Gasteiger partial charge in [0.2, 0.25) is 0 Å². The smallest absolute Gasteiger partial charge is 0.316 e. The zero-order chi connectivity index (χ0) is 15.7. The van der Waals surface area contributed by atoms with Crippen LogP contribution in [0.1, 0.15) is 31.4 Å². The zero-order valence-electron chi connectivity index (χ0n) is 13.7. The van der Waals surface area contributed by atoms with Crippen LogP contribution in [0.25, 0.3) is 0 Å². The highest BCUT2D eigenvalue weighted by atomic mass is 16.5. The summed E-state index contributed by atoms with van der Waals surface area (Å²) in [5, 5.41) is 0. The molecule has 0 aliphatic carbocycles. The van der Waals surface area contributed by atoms with Gasteiger partial charge in [-0.25, -0.2) is 9.97 Å². The van der Waals surface area contributed by atoms with Gasteiger partial charge in [-0.3, -0.25) is 4.90 Å². The lowest BCUT2D eigenvalue weighted by molar-refractivity contribution is -0.200. The molecular weight excluding hydrogens is 294 g/mol. The Kier molecular flexibility index (Phi) is 4.22. The van der Waals surface area contributed by atoms with Gasteiger partial charge in [0.25, 0.3) is 0 Å². The summed E-state index contributed by atoms with van der Waals surface area (Å²) >= 11 is 0. The van der Waals surface area contributed by atoms with E-state index in [1.165, 1.54) is 0 Å². The molecule has 6 nitrogen and oxygen atoms in total. The predicted octanol–water partition coefficient (Wildman–Crippen LogP) is 1.58. The minimum Gasteiger partial charge on any atom is -0.460 e. The van der Waals surface area contributed by atoms with Crippen molar-refractivity contribution >= 4 is 0 Å². The molecule has 23 heavy (non-hydrogen) atoms. The molecule has 126 valence electrons. The van der Waals surface area contributed by atoms with E-state index in [1.807, 2.05) is 13.0 Å². The lowest BCUT2D eigenvalue weighted by Gasteiger charge is -2.55. The number of ether oxygens (including phenoxy) is 3. The van der Waals surface area contributed by atoms with E-state index in [0.717, 1.165) is 64.3 Å². The fourth-order valence-electron chi connectivity index (χ4n) is 3.94. The standard InChI is InChI=1S/C17H25N3O3/c1-13-2-6-18-16(19-13)23-15-5-9-22-17(10-15)11-20(12-17)14-3-7-21-8-4-14/h2,6,14-15H,3-5,7-12H2,1H3. The Balaban J connectivity index is 1.33. The molecule has 3 fully saturated rings. The van der Waals surface area contributed by atoms with E-state index in [1.54, 1.807) is 6.20 Å². The lowest BCUT2D eigenvalue weighted by atomic mass is 9.83. The van der Waals surface area contributed by atoms with Gasteiger partial charge in [-0.15, -0.1) is 0 Å². The number of aryl methyl sites for hydroxylation is 1. The summed E-state index contributed by atoms with van der Waals surface area (Å²) < 4.78 is 17.6. The Bertz CT molecular complexity index is 542. The number of aromatic nitrogens is 2. The van der Waals surface area contributed by atoms with Crippen molar-refractivity contribution in [3.8, 4) is 6.01 Å². The maximum atomic E-state index is 6.12. The summed E-state index contributed by atoms with van der Waals surface area (Å²) in [4.78, 5) is 11.1. The molecule has 0 radical (unpaired) electrons. The molecule has 4 heterocycles. The Hall–Kier alpha value is -1.24. The maximum absolute atomic E-state index is 6.12. The van der Waals surface area contributed by atoms with Crippen molar-refractivity contribution in [2.24, 2.45) is 0 Å². The molecule has 1 unspecified atom stereocenters. The molecule has 1 aromatic rings. The number of likely N-dealkylation sites (tertiary alicyclic amines) is 1. The largest absolute Gasteiger partial charge is 0.460 e. The van der Waals surface area contributed by atoms with Gasteiger partial charge in [0.1, 0.15) is 6.10 Å². The van der Waals surface area contributed by atoms with Gasteiger partial charge in [0, 0.05) is 57.1 Å². The van der Waals surface area contributed by atoms with E-state index in [-0.39, 0.29) is 11.7 Å². The summed E-state index contributed by atoms with van der Waals surface area (Å²) in [6.07, 6.45) is 6.05. The molecule has 4 rings (SSSR count). The molecule has 3 aliphatic rings. The highest BCUT2D eigenvalue weighted by Crippen LogP contribution is 2.37. The first-order valence-corrected chi connectivity index (χ1v) is 8.65. The lowest BCUT2D eigenvalue weighted by Crippen LogP contribution is -2.68. The van der Waals surface area contributed by atoms with Crippen molar-refractivity contribution in [2.75, 3.05) is 32.9 Å². The van der Waals surface area contributed by atoms with E-state index < -0.39 is 0 Å². The van der Waals surface area contributed by atoms with Crippen LogP contribution in [0, 0.1) is 6.92 Å². The number of hydrogen-bond acceptors (Lipinski definition) is 6. The van der Waals surface area contributed by atoms with Gasteiger partial charge in [0.15, 0.2) is 0 Å². The van der Waals surface area contributed by atoms with Gasteiger partial charge < -0.3 is 14.2 Å². The molecule has 1 atom stereocenters. The SMILES string of the molecule is Cc1ccnc(OC2CCOC3(C2)CN(C2CCOCC2)C3)n1. The summed E-state index contributed by atoms with van der Waals surface area (Å²) in [5.74, 6) is 0. The zero-order valence-corrected chi connectivity index (χ0v) is 13.7. The summed E-state index contributed by atoms with van der Waals surface area (Å²) in [5.41, 5.74) is 0.913. The summed E-state index contributed by atoms with van der Waals surface area (Å²) in [6, 6.07) is 3.04. The second kappa shape index (κ2) is 6.34. The third kappa shape index (κ3) is 3.34. The van der Waals surface area contributed by atoms with Gasteiger partial charge in [-0.05, 0) is 25.8 Å². The van der Waals surface area contributed by atoms with E-state index in [0.29, 0.717) is 12.1 Å². The van der Waals surface area contributed by atoms with Crippen molar-refractivity contribution in [3.63, 3.8) is 0 Å². The molecule has 3 aliphatic heterocycles. The molecule has 3 saturated heterocycles. The molecule has 0 saturated carbocycles. The van der Waals surface area contributed by atoms with E-state index in [4.69, 9.17) is 14.2 Å². The highest BCUT2D eigenvalue weighted by Gasteiger charge is 2.50. The van der Waals surface area contributed by atoms with Crippen molar-refractivity contribution in [2.45, 2.75) is 50.4 Å². The van der Waals surface area contributed by atoms with Crippen LogP contribution in [0.2, 0.25) is 0 Å². The Labute approximate surface area is 137 Å². The van der Waals surface area contributed by atoms with E-state index >= 15 is 0 Å². The van der Waals surface area contributed by atoms with Crippen LogP contribution in [-0.4, -0.2) is 65.5 Å². The fraction of sp³-hybridized carbons (Fsp3) is 0.765. The van der Waals surface area contributed by atoms with Crippen LogP contribution in [0.3, 0.4) is 0 Å². The monoisotopic (exact) mass is 319 g/mol. The number of nitrogens with zero attached hydrogens (tertiary/aromatic N) is 3.